The summed E-state index contributed by atoms with van der Waals surface area (Å²) in [5.41, 5.74) is 2.41. The fourth-order valence-corrected chi connectivity index (χ4v) is 3.70. The van der Waals surface area contributed by atoms with Crippen molar-refractivity contribution in [1.29, 1.82) is 0 Å². The molecule has 0 aromatic heterocycles. The normalized spacial score (nSPS) is 18.1. The molecule has 0 radical (unpaired) electrons. The van der Waals surface area contributed by atoms with Gasteiger partial charge in [0.1, 0.15) is 11.5 Å². The zero-order valence-corrected chi connectivity index (χ0v) is 17.7. The van der Waals surface area contributed by atoms with E-state index in [1.807, 2.05) is 12.1 Å². The molecule has 1 amide bonds. The average Bonchev–Trinajstić information content (AvgIpc) is 2.73. The monoisotopic (exact) mass is 396 g/mol. The maximum Gasteiger partial charge on any atom is 0.261 e. The Hall–Kier alpha value is -2.53. The first-order valence-electron chi connectivity index (χ1n) is 10.4. The molecule has 1 saturated heterocycles. The van der Waals surface area contributed by atoms with Gasteiger partial charge in [0.2, 0.25) is 0 Å². The van der Waals surface area contributed by atoms with Crippen molar-refractivity contribution in [1.82, 2.24) is 10.2 Å². The predicted molar refractivity (Wildman–Crippen MR) is 115 cm³/mol. The maximum atomic E-state index is 12.3. The van der Waals surface area contributed by atoms with Gasteiger partial charge in [0.05, 0.1) is 7.11 Å². The molecule has 2 aromatic rings. The Bertz CT molecular complexity index is 774. The lowest BCUT2D eigenvalue weighted by Gasteiger charge is -2.30. The highest BCUT2D eigenvalue weighted by molar-refractivity contribution is 5.80. The number of amides is 1. The van der Waals surface area contributed by atoms with Crippen LogP contribution < -0.4 is 14.8 Å². The largest absolute Gasteiger partial charge is 0.497 e. The summed E-state index contributed by atoms with van der Waals surface area (Å²) in [6.45, 7) is 7.96. The number of hydrogen-bond acceptors (Lipinski definition) is 4. The third-order valence-electron chi connectivity index (χ3n) is 5.38. The van der Waals surface area contributed by atoms with Crippen LogP contribution in [0.4, 0.5) is 0 Å². The molecule has 5 nitrogen and oxygen atoms in total. The molecule has 2 aromatic carbocycles. The summed E-state index contributed by atoms with van der Waals surface area (Å²) in [7, 11) is 1.62. The predicted octanol–water partition coefficient (Wildman–Crippen LogP) is 4.01. The number of hydrogen-bond donors (Lipinski definition) is 1. The van der Waals surface area contributed by atoms with Gasteiger partial charge in [0.25, 0.3) is 5.91 Å². The molecule has 29 heavy (non-hydrogen) atoms. The molecule has 1 aliphatic rings. The SMILES string of the molecule is COc1ccc(OC(C)C(=O)NCc2ccc(CN3CCCC(C)C3)cc2)cc1. The Balaban J connectivity index is 1.44. The molecule has 0 saturated carbocycles. The molecule has 1 aliphatic heterocycles. The van der Waals surface area contributed by atoms with Crippen LogP contribution in [0.1, 0.15) is 37.8 Å². The molecule has 0 spiro atoms. The van der Waals surface area contributed by atoms with E-state index in [0.717, 1.165) is 23.8 Å². The fraction of sp³-hybridized carbons (Fsp3) is 0.458. The minimum atomic E-state index is -0.566. The van der Waals surface area contributed by atoms with Crippen molar-refractivity contribution in [3.63, 3.8) is 0 Å². The first kappa shape index (κ1) is 21.2. The number of benzene rings is 2. The van der Waals surface area contributed by atoms with E-state index in [0.29, 0.717) is 12.3 Å². The van der Waals surface area contributed by atoms with Gasteiger partial charge in [-0.3, -0.25) is 9.69 Å². The van der Waals surface area contributed by atoms with Crippen molar-refractivity contribution in [2.45, 2.75) is 45.9 Å². The van der Waals surface area contributed by atoms with Crippen LogP contribution in [0.5, 0.6) is 11.5 Å². The van der Waals surface area contributed by atoms with Gasteiger partial charge in [-0.15, -0.1) is 0 Å². The van der Waals surface area contributed by atoms with E-state index in [2.05, 4.69) is 41.4 Å². The number of ether oxygens (including phenoxy) is 2. The summed E-state index contributed by atoms with van der Waals surface area (Å²) in [6, 6.07) is 15.7. The fourth-order valence-electron chi connectivity index (χ4n) is 3.70. The van der Waals surface area contributed by atoms with Gasteiger partial charge in [-0.25, -0.2) is 0 Å². The number of carbonyl (C=O) groups excluding carboxylic acids is 1. The summed E-state index contributed by atoms with van der Waals surface area (Å²) in [6.07, 6.45) is 2.07. The van der Waals surface area contributed by atoms with E-state index in [9.17, 15) is 4.79 Å². The van der Waals surface area contributed by atoms with Crippen LogP contribution in [0.2, 0.25) is 0 Å². The molecule has 1 N–H and O–H groups in total. The summed E-state index contributed by atoms with van der Waals surface area (Å²) >= 11 is 0. The van der Waals surface area contributed by atoms with Gasteiger partial charge in [0, 0.05) is 19.6 Å². The minimum Gasteiger partial charge on any atom is -0.497 e. The van der Waals surface area contributed by atoms with E-state index >= 15 is 0 Å². The van der Waals surface area contributed by atoms with E-state index in [-0.39, 0.29) is 5.91 Å². The molecule has 156 valence electrons. The summed E-state index contributed by atoms with van der Waals surface area (Å²) < 4.78 is 10.8. The van der Waals surface area contributed by atoms with Gasteiger partial charge < -0.3 is 14.8 Å². The Morgan fingerprint density at radius 3 is 2.41 bits per heavy atom. The second-order valence-corrected chi connectivity index (χ2v) is 7.95. The van der Waals surface area contributed by atoms with Gasteiger partial charge >= 0.3 is 0 Å². The van der Waals surface area contributed by atoms with E-state index in [1.165, 1.54) is 31.5 Å². The quantitative estimate of drug-likeness (QED) is 0.732. The smallest absolute Gasteiger partial charge is 0.261 e. The molecule has 1 heterocycles. The van der Waals surface area contributed by atoms with Gasteiger partial charge in [-0.1, -0.05) is 31.2 Å². The van der Waals surface area contributed by atoms with E-state index in [1.54, 1.807) is 26.2 Å². The minimum absolute atomic E-state index is 0.132. The first-order chi connectivity index (χ1) is 14.0. The molecule has 5 heteroatoms. The molecule has 3 rings (SSSR count). The molecule has 2 atom stereocenters. The molecule has 0 aliphatic carbocycles. The highest BCUT2D eigenvalue weighted by atomic mass is 16.5. The van der Waals surface area contributed by atoms with Crippen molar-refractivity contribution in [3.8, 4) is 11.5 Å². The topological polar surface area (TPSA) is 50.8 Å². The first-order valence-corrected chi connectivity index (χ1v) is 10.4. The molecule has 2 unspecified atom stereocenters. The lowest BCUT2D eigenvalue weighted by molar-refractivity contribution is -0.127. The van der Waals surface area contributed by atoms with Gasteiger partial charge in [0.15, 0.2) is 6.10 Å². The van der Waals surface area contributed by atoms with Crippen LogP contribution >= 0.6 is 0 Å². The molecular formula is C24H32N2O3. The Kier molecular flexibility index (Phi) is 7.53. The number of carbonyl (C=O) groups is 1. The van der Waals surface area contributed by atoms with Crippen LogP contribution in [-0.2, 0) is 17.9 Å². The van der Waals surface area contributed by atoms with Crippen LogP contribution in [0.15, 0.2) is 48.5 Å². The number of piperidine rings is 1. The number of rotatable bonds is 8. The van der Waals surface area contributed by atoms with Gasteiger partial charge in [-0.05, 0) is 67.6 Å². The number of methoxy groups -OCH3 is 1. The lowest BCUT2D eigenvalue weighted by atomic mass is 9.99. The highest BCUT2D eigenvalue weighted by Gasteiger charge is 2.16. The van der Waals surface area contributed by atoms with Crippen molar-refractivity contribution >= 4 is 5.91 Å². The third-order valence-corrected chi connectivity index (χ3v) is 5.38. The molecular weight excluding hydrogens is 364 g/mol. The highest BCUT2D eigenvalue weighted by Crippen LogP contribution is 2.19. The summed E-state index contributed by atoms with van der Waals surface area (Å²) in [5, 5.41) is 2.95. The zero-order chi connectivity index (χ0) is 20.6. The van der Waals surface area contributed by atoms with Crippen LogP contribution in [-0.4, -0.2) is 37.1 Å². The third kappa shape index (κ3) is 6.50. The second-order valence-electron chi connectivity index (χ2n) is 7.95. The van der Waals surface area contributed by atoms with Crippen LogP contribution in [0.3, 0.4) is 0 Å². The van der Waals surface area contributed by atoms with Crippen LogP contribution in [0.25, 0.3) is 0 Å². The van der Waals surface area contributed by atoms with Crippen molar-refractivity contribution in [3.05, 3.63) is 59.7 Å². The van der Waals surface area contributed by atoms with Crippen LogP contribution in [0, 0.1) is 5.92 Å². The Labute approximate surface area is 174 Å². The van der Waals surface area contributed by atoms with Crippen molar-refractivity contribution < 1.29 is 14.3 Å². The number of likely N-dealkylation sites (tertiary alicyclic amines) is 1. The van der Waals surface area contributed by atoms with Crippen molar-refractivity contribution in [2.24, 2.45) is 5.92 Å². The maximum absolute atomic E-state index is 12.3. The number of nitrogens with zero attached hydrogens (tertiary/aromatic N) is 1. The Morgan fingerprint density at radius 1 is 1.10 bits per heavy atom. The summed E-state index contributed by atoms with van der Waals surface area (Å²) in [4.78, 5) is 14.9. The van der Waals surface area contributed by atoms with Gasteiger partial charge in [-0.2, -0.15) is 0 Å². The summed E-state index contributed by atoms with van der Waals surface area (Å²) in [5.74, 6) is 2.06. The molecule has 0 bridgehead atoms. The lowest BCUT2D eigenvalue weighted by Crippen LogP contribution is -2.35. The number of nitrogens with one attached hydrogen (secondary N) is 1. The zero-order valence-electron chi connectivity index (χ0n) is 17.7. The van der Waals surface area contributed by atoms with E-state index < -0.39 is 6.10 Å². The standard InChI is InChI=1S/C24H32N2O3/c1-18-5-4-14-26(16-18)17-21-8-6-20(7-9-21)15-25-24(27)19(2)29-23-12-10-22(28-3)11-13-23/h6-13,18-19H,4-5,14-17H2,1-3H3,(H,25,27). The average molecular weight is 397 g/mol. The molecule has 1 fully saturated rings. The Morgan fingerprint density at radius 2 is 1.76 bits per heavy atom. The second kappa shape index (κ2) is 10.3. The van der Waals surface area contributed by atoms with E-state index in [4.69, 9.17) is 9.47 Å². The van der Waals surface area contributed by atoms with Crippen molar-refractivity contribution in [2.75, 3.05) is 20.2 Å².